The van der Waals surface area contributed by atoms with Gasteiger partial charge < -0.3 is 10.1 Å². The SMILES string of the molecule is Cc1cccc(Cl)c1CN1C[C@H]2COC[C@@H](C1)C(=O)N2. The molecule has 20 heavy (non-hydrogen) atoms. The number of ether oxygens (including phenoxy) is 1. The van der Waals surface area contributed by atoms with E-state index in [4.69, 9.17) is 16.3 Å². The van der Waals surface area contributed by atoms with Gasteiger partial charge in [-0.2, -0.15) is 0 Å². The highest BCUT2D eigenvalue weighted by atomic mass is 35.5. The van der Waals surface area contributed by atoms with Gasteiger partial charge in [0.1, 0.15) is 0 Å². The van der Waals surface area contributed by atoms with Crippen LogP contribution < -0.4 is 5.32 Å². The van der Waals surface area contributed by atoms with Gasteiger partial charge in [0.15, 0.2) is 0 Å². The topological polar surface area (TPSA) is 41.6 Å². The molecule has 1 aromatic rings. The van der Waals surface area contributed by atoms with E-state index in [0.717, 1.165) is 30.2 Å². The van der Waals surface area contributed by atoms with Crippen molar-refractivity contribution in [2.24, 2.45) is 5.92 Å². The number of nitrogens with zero attached hydrogens (tertiary/aromatic N) is 1. The van der Waals surface area contributed by atoms with Crippen LogP contribution in [0, 0.1) is 12.8 Å². The van der Waals surface area contributed by atoms with Crippen molar-refractivity contribution in [2.45, 2.75) is 19.5 Å². The lowest BCUT2D eigenvalue weighted by molar-refractivity contribution is -0.125. The third kappa shape index (κ3) is 2.82. The Hall–Kier alpha value is -1.10. The van der Waals surface area contributed by atoms with Crippen LogP contribution in [0.25, 0.3) is 0 Å². The van der Waals surface area contributed by atoms with E-state index in [2.05, 4.69) is 23.2 Å². The maximum atomic E-state index is 12.0. The van der Waals surface area contributed by atoms with Gasteiger partial charge >= 0.3 is 0 Å². The van der Waals surface area contributed by atoms with Crippen molar-refractivity contribution in [3.8, 4) is 0 Å². The summed E-state index contributed by atoms with van der Waals surface area (Å²) in [7, 11) is 0. The molecular weight excluding hydrogens is 276 g/mol. The summed E-state index contributed by atoms with van der Waals surface area (Å²) in [5.74, 6) is 0.0381. The molecule has 2 atom stereocenters. The molecule has 2 saturated heterocycles. The van der Waals surface area contributed by atoms with Crippen LogP contribution in [-0.2, 0) is 16.1 Å². The zero-order chi connectivity index (χ0) is 14.1. The highest BCUT2D eigenvalue weighted by molar-refractivity contribution is 6.31. The quantitative estimate of drug-likeness (QED) is 0.901. The lowest BCUT2D eigenvalue weighted by atomic mass is 10.1. The fraction of sp³-hybridized carbons (Fsp3) is 0.533. The number of hydrogen-bond donors (Lipinski definition) is 1. The number of halogens is 1. The maximum absolute atomic E-state index is 12.0. The second-order valence-electron chi connectivity index (χ2n) is 5.67. The van der Waals surface area contributed by atoms with Crippen molar-refractivity contribution in [3.05, 3.63) is 34.3 Å². The first kappa shape index (κ1) is 13.9. The van der Waals surface area contributed by atoms with Crippen LogP contribution in [0.5, 0.6) is 0 Å². The van der Waals surface area contributed by atoms with E-state index in [9.17, 15) is 4.79 Å². The van der Waals surface area contributed by atoms with Gasteiger partial charge in [-0.05, 0) is 24.1 Å². The van der Waals surface area contributed by atoms with Crippen molar-refractivity contribution < 1.29 is 9.53 Å². The van der Waals surface area contributed by atoms with E-state index in [-0.39, 0.29) is 17.9 Å². The second kappa shape index (κ2) is 5.72. The highest BCUT2D eigenvalue weighted by Gasteiger charge is 2.33. The minimum absolute atomic E-state index is 0.0784. The van der Waals surface area contributed by atoms with Gasteiger partial charge in [0.05, 0.1) is 25.2 Å². The fourth-order valence-electron chi connectivity index (χ4n) is 2.94. The highest BCUT2D eigenvalue weighted by Crippen LogP contribution is 2.23. The average Bonchev–Trinajstić information content (AvgIpc) is 2.63. The Morgan fingerprint density at radius 3 is 3.05 bits per heavy atom. The van der Waals surface area contributed by atoms with E-state index in [1.807, 2.05) is 12.1 Å². The number of carbonyl (C=O) groups excluding carboxylic acids is 1. The summed E-state index contributed by atoms with van der Waals surface area (Å²) in [6, 6.07) is 6.05. The standard InChI is InChI=1S/C15H19ClN2O2/c1-10-3-2-4-14(16)13(10)7-18-5-11-8-20-9-12(6-18)17-15(11)19/h2-4,11-12H,5-9H2,1H3,(H,17,19)/t11-,12+/m1/s1. The molecule has 5 heteroatoms. The minimum atomic E-state index is -0.0784. The molecule has 0 unspecified atom stereocenters. The second-order valence-corrected chi connectivity index (χ2v) is 6.08. The average molecular weight is 295 g/mol. The third-order valence-corrected chi connectivity index (χ3v) is 4.40. The zero-order valence-corrected chi connectivity index (χ0v) is 12.3. The largest absolute Gasteiger partial charge is 0.378 e. The van der Waals surface area contributed by atoms with Gasteiger partial charge in [0.25, 0.3) is 0 Å². The molecule has 0 radical (unpaired) electrons. The summed E-state index contributed by atoms with van der Waals surface area (Å²) in [6.07, 6.45) is 0. The van der Waals surface area contributed by atoms with Crippen molar-refractivity contribution >= 4 is 17.5 Å². The van der Waals surface area contributed by atoms with Crippen LogP contribution >= 0.6 is 11.6 Å². The van der Waals surface area contributed by atoms with Gasteiger partial charge in [-0.25, -0.2) is 0 Å². The number of rotatable bonds is 2. The number of hydrogen-bond acceptors (Lipinski definition) is 3. The van der Waals surface area contributed by atoms with E-state index in [1.165, 1.54) is 5.56 Å². The lowest BCUT2D eigenvalue weighted by Gasteiger charge is -2.28. The first-order chi connectivity index (χ1) is 9.63. The van der Waals surface area contributed by atoms with E-state index in [1.54, 1.807) is 0 Å². The third-order valence-electron chi connectivity index (χ3n) is 4.05. The predicted octanol–water partition coefficient (Wildman–Crippen LogP) is 1.60. The van der Waals surface area contributed by atoms with Crippen LogP contribution in [0.3, 0.4) is 0 Å². The molecule has 1 aromatic carbocycles. The first-order valence-electron chi connectivity index (χ1n) is 6.98. The van der Waals surface area contributed by atoms with Crippen molar-refractivity contribution in [2.75, 3.05) is 26.3 Å². The van der Waals surface area contributed by atoms with Gasteiger partial charge in [-0.3, -0.25) is 9.69 Å². The Labute approximate surface area is 124 Å². The van der Waals surface area contributed by atoms with Crippen LogP contribution in [0.1, 0.15) is 11.1 Å². The summed E-state index contributed by atoms with van der Waals surface area (Å²) in [6.45, 7) is 5.51. The summed E-state index contributed by atoms with van der Waals surface area (Å²) in [4.78, 5) is 14.3. The van der Waals surface area contributed by atoms with Gasteiger partial charge in [-0.1, -0.05) is 23.7 Å². The molecule has 0 aliphatic carbocycles. The summed E-state index contributed by atoms with van der Waals surface area (Å²) in [5, 5.41) is 3.85. The van der Waals surface area contributed by atoms with Crippen LogP contribution in [0.2, 0.25) is 5.02 Å². The molecule has 4 nitrogen and oxygen atoms in total. The van der Waals surface area contributed by atoms with E-state index in [0.29, 0.717) is 13.2 Å². The molecule has 2 aliphatic rings. The number of fused-ring (bicyclic) bond motifs is 3. The molecule has 1 N–H and O–H groups in total. The fourth-order valence-corrected chi connectivity index (χ4v) is 3.22. The Morgan fingerprint density at radius 2 is 2.25 bits per heavy atom. The van der Waals surface area contributed by atoms with Crippen molar-refractivity contribution in [1.29, 1.82) is 0 Å². The Balaban J connectivity index is 1.79. The van der Waals surface area contributed by atoms with Crippen LogP contribution in [-0.4, -0.2) is 43.2 Å². The minimum Gasteiger partial charge on any atom is -0.378 e. The van der Waals surface area contributed by atoms with Crippen molar-refractivity contribution in [3.63, 3.8) is 0 Å². The predicted molar refractivity (Wildman–Crippen MR) is 77.7 cm³/mol. The maximum Gasteiger partial charge on any atom is 0.227 e. The molecular formula is C15H19ClN2O2. The molecule has 0 spiro atoms. The Bertz CT molecular complexity index is 500. The molecule has 0 aromatic heterocycles. The number of nitrogens with one attached hydrogen (secondary N) is 1. The summed E-state index contributed by atoms with van der Waals surface area (Å²) in [5.41, 5.74) is 2.35. The van der Waals surface area contributed by atoms with E-state index < -0.39 is 0 Å². The molecule has 0 saturated carbocycles. The van der Waals surface area contributed by atoms with Gasteiger partial charge in [0.2, 0.25) is 5.91 Å². The van der Waals surface area contributed by atoms with Crippen LogP contribution in [0.15, 0.2) is 18.2 Å². The molecule has 2 aliphatic heterocycles. The normalized spacial score (nSPS) is 27.0. The smallest absolute Gasteiger partial charge is 0.227 e. The molecule has 2 bridgehead atoms. The summed E-state index contributed by atoms with van der Waals surface area (Å²) >= 11 is 6.30. The molecule has 108 valence electrons. The number of amides is 1. The number of carbonyl (C=O) groups is 1. The van der Waals surface area contributed by atoms with E-state index >= 15 is 0 Å². The van der Waals surface area contributed by atoms with Crippen molar-refractivity contribution in [1.82, 2.24) is 10.2 Å². The van der Waals surface area contributed by atoms with Gasteiger partial charge in [-0.15, -0.1) is 0 Å². The Kier molecular flexibility index (Phi) is 3.96. The Morgan fingerprint density at radius 1 is 1.40 bits per heavy atom. The molecule has 1 amide bonds. The molecule has 3 rings (SSSR count). The molecule has 2 fully saturated rings. The molecule has 2 heterocycles. The van der Waals surface area contributed by atoms with Gasteiger partial charge in [0, 0.05) is 24.7 Å². The van der Waals surface area contributed by atoms with Crippen LogP contribution in [0.4, 0.5) is 0 Å². The number of aryl methyl sites for hydroxylation is 1. The monoisotopic (exact) mass is 294 g/mol. The first-order valence-corrected chi connectivity index (χ1v) is 7.36. The summed E-state index contributed by atoms with van der Waals surface area (Å²) < 4.78 is 5.54. The lowest BCUT2D eigenvalue weighted by Crippen LogP contribution is -2.41. The number of benzene rings is 1. The zero-order valence-electron chi connectivity index (χ0n) is 11.6.